The predicted molar refractivity (Wildman–Crippen MR) is 111 cm³/mol. The normalized spacial score (nSPS) is 16.9. The highest BCUT2D eigenvalue weighted by molar-refractivity contribution is 8.18. The van der Waals surface area contributed by atoms with Crippen molar-refractivity contribution < 1.29 is 9.21 Å². The lowest BCUT2D eigenvalue weighted by Crippen LogP contribution is -2.19. The van der Waals surface area contributed by atoms with Gasteiger partial charge < -0.3 is 9.73 Å². The quantitative estimate of drug-likeness (QED) is 0.523. The summed E-state index contributed by atoms with van der Waals surface area (Å²) in [7, 11) is 0. The zero-order valence-electron chi connectivity index (χ0n) is 13.8. The number of amides is 1. The van der Waals surface area contributed by atoms with Gasteiger partial charge in [-0.05, 0) is 60.3 Å². The standard InChI is InChI=1S/C20H12Cl2N2O2S/c21-12-5-7-13(8-6-12)23-20-24-19(25)18(27-20)11-14-9-10-17(26-14)15-3-1-2-4-16(15)22/h1-11H,(H,23,24,25)/b18-11+. The molecule has 7 heteroatoms. The van der Waals surface area contributed by atoms with Gasteiger partial charge in [0.2, 0.25) is 0 Å². The van der Waals surface area contributed by atoms with Gasteiger partial charge in [0.25, 0.3) is 5.91 Å². The van der Waals surface area contributed by atoms with Crippen molar-refractivity contribution >= 4 is 57.8 Å². The lowest BCUT2D eigenvalue weighted by atomic mass is 10.2. The number of rotatable bonds is 3. The number of thioether (sulfide) groups is 1. The summed E-state index contributed by atoms with van der Waals surface area (Å²) in [6.45, 7) is 0. The number of carbonyl (C=O) groups excluding carboxylic acids is 1. The molecule has 1 fully saturated rings. The highest BCUT2D eigenvalue weighted by Gasteiger charge is 2.24. The van der Waals surface area contributed by atoms with Gasteiger partial charge in [0.05, 0.1) is 15.6 Å². The maximum atomic E-state index is 12.2. The van der Waals surface area contributed by atoms with Crippen molar-refractivity contribution in [3.63, 3.8) is 0 Å². The summed E-state index contributed by atoms with van der Waals surface area (Å²) in [6, 6.07) is 18.1. The molecule has 27 heavy (non-hydrogen) atoms. The van der Waals surface area contributed by atoms with Gasteiger partial charge in [-0.3, -0.25) is 4.79 Å². The molecule has 1 saturated heterocycles. The number of nitrogens with zero attached hydrogens (tertiary/aromatic N) is 1. The van der Waals surface area contributed by atoms with Gasteiger partial charge in [0, 0.05) is 16.7 Å². The molecule has 4 nitrogen and oxygen atoms in total. The summed E-state index contributed by atoms with van der Waals surface area (Å²) in [5, 5.41) is 4.49. The lowest BCUT2D eigenvalue weighted by molar-refractivity contribution is -0.115. The number of benzene rings is 2. The van der Waals surface area contributed by atoms with E-state index >= 15 is 0 Å². The van der Waals surface area contributed by atoms with Crippen LogP contribution in [0.1, 0.15) is 5.76 Å². The molecule has 0 unspecified atom stereocenters. The Balaban J connectivity index is 1.55. The summed E-state index contributed by atoms with van der Waals surface area (Å²) in [4.78, 5) is 17.1. The summed E-state index contributed by atoms with van der Waals surface area (Å²) in [6.07, 6.45) is 1.69. The molecule has 0 atom stereocenters. The second-order valence-electron chi connectivity index (χ2n) is 5.64. The van der Waals surface area contributed by atoms with Gasteiger partial charge in [-0.2, -0.15) is 0 Å². The Morgan fingerprint density at radius 2 is 1.78 bits per heavy atom. The zero-order chi connectivity index (χ0) is 18.8. The Morgan fingerprint density at radius 3 is 2.56 bits per heavy atom. The van der Waals surface area contributed by atoms with Crippen molar-refractivity contribution in [2.75, 3.05) is 0 Å². The number of aliphatic imine (C=N–C) groups is 1. The minimum atomic E-state index is -0.219. The number of hydrogen-bond donors (Lipinski definition) is 1. The highest BCUT2D eigenvalue weighted by atomic mass is 35.5. The highest BCUT2D eigenvalue weighted by Crippen LogP contribution is 2.32. The molecule has 1 aromatic heterocycles. The van der Waals surface area contributed by atoms with Crippen LogP contribution in [0.25, 0.3) is 17.4 Å². The van der Waals surface area contributed by atoms with E-state index in [2.05, 4.69) is 10.3 Å². The van der Waals surface area contributed by atoms with E-state index in [4.69, 9.17) is 27.6 Å². The van der Waals surface area contributed by atoms with Crippen LogP contribution >= 0.6 is 35.0 Å². The van der Waals surface area contributed by atoms with Crippen LogP contribution in [0.3, 0.4) is 0 Å². The fourth-order valence-corrected chi connectivity index (χ4v) is 3.66. The summed E-state index contributed by atoms with van der Waals surface area (Å²) >= 11 is 13.3. The Morgan fingerprint density at radius 1 is 1.00 bits per heavy atom. The molecule has 2 heterocycles. The predicted octanol–water partition coefficient (Wildman–Crippen LogP) is 6.15. The number of furan rings is 1. The fourth-order valence-electron chi connectivity index (χ4n) is 2.48. The van der Waals surface area contributed by atoms with Gasteiger partial charge >= 0.3 is 0 Å². The molecule has 4 rings (SSSR count). The first kappa shape index (κ1) is 17.9. The van der Waals surface area contributed by atoms with E-state index in [0.29, 0.717) is 37.3 Å². The van der Waals surface area contributed by atoms with E-state index < -0.39 is 0 Å². The second-order valence-corrected chi connectivity index (χ2v) is 7.51. The zero-order valence-corrected chi connectivity index (χ0v) is 16.1. The van der Waals surface area contributed by atoms with Crippen LogP contribution < -0.4 is 5.32 Å². The molecule has 0 aliphatic carbocycles. The number of amidine groups is 1. The van der Waals surface area contributed by atoms with E-state index in [0.717, 1.165) is 5.56 Å². The Bertz CT molecular complexity index is 1070. The van der Waals surface area contributed by atoms with Crippen LogP contribution in [0.15, 0.2) is 75.0 Å². The molecule has 0 radical (unpaired) electrons. The maximum Gasteiger partial charge on any atom is 0.264 e. The van der Waals surface area contributed by atoms with Gasteiger partial charge in [-0.1, -0.05) is 35.3 Å². The van der Waals surface area contributed by atoms with Crippen molar-refractivity contribution in [3.8, 4) is 11.3 Å². The number of nitrogens with one attached hydrogen (secondary N) is 1. The molecular weight excluding hydrogens is 403 g/mol. The smallest absolute Gasteiger partial charge is 0.264 e. The first-order chi connectivity index (χ1) is 13.1. The monoisotopic (exact) mass is 414 g/mol. The summed E-state index contributed by atoms with van der Waals surface area (Å²) in [5.74, 6) is 0.990. The van der Waals surface area contributed by atoms with Crippen molar-refractivity contribution in [3.05, 3.63) is 81.4 Å². The molecule has 1 amide bonds. The summed E-state index contributed by atoms with van der Waals surface area (Å²) in [5.41, 5.74) is 1.51. The van der Waals surface area contributed by atoms with E-state index in [-0.39, 0.29) is 5.91 Å². The van der Waals surface area contributed by atoms with Gasteiger partial charge in [0.15, 0.2) is 5.17 Å². The lowest BCUT2D eigenvalue weighted by Gasteiger charge is -1.99. The second kappa shape index (κ2) is 7.64. The number of carbonyl (C=O) groups is 1. The van der Waals surface area contributed by atoms with Crippen molar-refractivity contribution in [2.24, 2.45) is 4.99 Å². The number of hydrogen-bond acceptors (Lipinski definition) is 4. The third-order valence-electron chi connectivity index (χ3n) is 3.75. The Kier molecular flexibility index (Phi) is 5.07. The SMILES string of the molecule is O=C1NC(=Nc2ccc(Cl)cc2)S/C1=C/c1ccc(-c2ccccc2Cl)o1. The minimum Gasteiger partial charge on any atom is -0.457 e. The third kappa shape index (κ3) is 4.11. The first-order valence-electron chi connectivity index (χ1n) is 7.98. The Labute approximate surface area is 169 Å². The number of halogens is 2. The molecule has 3 aromatic rings. The van der Waals surface area contributed by atoms with E-state index in [9.17, 15) is 4.79 Å². The van der Waals surface area contributed by atoms with Crippen molar-refractivity contribution in [1.29, 1.82) is 0 Å². The van der Waals surface area contributed by atoms with Gasteiger partial charge in [0.1, 0.15) is 11.5 Å². The molecule has 1 aliphatic rings. The Hall–Kier alpha value is -2.47. The van der Waals surface area contributed by atoms with Crippen LogP contribution in [0.5, 0.6) is 0 Å². The third-order valence-corrected chi connectivity index (χ3v) is 5.24. The average molecular weight is 415 g/mol. The van der Waals surface area contributed by atoms with Gasteiger partial charge in [-0.15, -0.1) is 0 Å². The average Bonchev–Trinajstić information content (AvgIpc) is 3.25. The van der Waals surface area contributed by atoms with Crippen LogP contribution in [-0.4, -0.2) is 11.1 Å². The molecular formula is C20H12Cl2N2O2S. The molecule has 0 bridgehead atoms. The van der Waals surface area contributed by atoms with Crippen LogP contribution in [0.4, 0.5) is 5.69 Å². The van der Waals surface area contributed by atoms with Gasteiger partial charge in [-0.25, -0.2) is 4.99 Å². The topological polar surface area (TPSA) is 54.6 Å². The molecule has 2 aromatic carbocycles. The van der Waals surface area contributed by atoms with E-state index in [1.807, 2.05) is 24.3 Å². The first-order valence-corrected chi connectivity index (χ1v) is 9.55. The molecule has 1 aliphatic heterocycles. The van der Waals surface area contributed by atoms with E-state index in [1.165, 1.54) is 11.8 Å². The van der Waals surface area contributed by atoms with Crippen LogP contribution in [0.2, 0.25) is 10.0 Å². The molecule has 0 spiro atoms. The molecule has 134 valence electrons. The fraction of sp³-hybridized carbons (Fsp3) is 0. The van der Waals surface area contributed by atoms with Crippen molar-refractivity contribution in [2.45, 2.75) is 0 Å². The molecule has 1 N–H and O–H groups in total. The largest absolute Gasteiger partial charge is 0.457 e. The summed E-state index contributed by atoms with van der Waals surface area (Å²) < 4.78 is 5.82. The van der Waals surface area contributed by atoms with Crippen molar-refractivity contribution in [1.82, 2.24) is 5.32 Å². The maximum absolute atomic E-state index is 12.2. The van der Waals surface area contributed by atoms with Crippen LogP contribution in [-0.2, 0) is 4.79 Å². The molecule has 0 saturated carbocycles. The van der Waals surface area contributed by atoms with Crippen LogP contribution in [0, 0.1) is 0 Å². The van der Waals surface area contributed by atoms with E-state index in [1.54, 1.807) is 42.5 Å². The minimum absolute atomic E-state index is 0.219.